The quantitative estimate of drug-likeness (QED) is 0.746. The number of aryl methyl sites for hydroxylation is 3. The summed E-state index contributed by atoms with van der Waals surface area (Å²) in [5.41, 5.74) is 6.42. The minimum atomic E-state index is -4.63. The van der Waals surface area contributed by atoms with E-state index in [1.165, 1.54) is 15.3 Å². The van der Waals surface area contributed by atoms with E-state index >= 15 is 0 Å². The lowest BCUT2D eigenvalue weighted by Crippen LogP contribution is -2.20. The van der Waals surface area contributed by atoms with Gasteiger partial charge >= 0.3 is 6.18 Å². The summed E-state index contributed by atoms with van der Waals surface area (Å²) < 4.78 is 42.1. The molecule has 0 saturated carbocycles. The second kappa shape index (κ2) is 6.80. The lowest BCUT2D eigenvalue weighted by atomic mass is 9.96. The van der Waals surface area contributed by atoms with E-state index < -0.39 is 23.3 Å². The number of rotatable bonds is 3. The summed E-state index contributed by atoms with van der Waals surface area (Å²) in [7, 11) is 1.62. The van der Waals surface area contributed by atoms with Crippen LogP contribution in [-0.4, -0.2) is 14.3 Å². The van der Waals surface area contributed by atoms with Crippen LogP contribution in [0.5, 0.6) is 0 Å². The molecule has 0 fully saturated rings. The van der Waals surface area contributed by atoms with E-state index in [9.17, 15) is 18.0 Å². The summed E-state index contributed by atoms with van der Waals surface area (Å²) in [6.07, 6.45) is -2.93. The molecule has 6 nitrogen and oxygen atoms in total. The lowest BCUT2D eigenvalue weighted by Gasteiger charge is -2.16. The van der Waals surface area contributed by atoms with Crippen molar-refractivity contribution in [2.75, 3.05) is 0 Å². The molecule has 0 unspecified atom stereocenters. The number of benzene rings is 1. The van der Waals surface area contributed by atoms with Gasteiger partial charge in [0, 0.05) is 25.2 Å². The maximum atomic E-state index is 13.0. The minimum Gasteiger partial charge on any atom is -0.319 e. The highest BCUT2D eigenvalue weighted by Gasteiger charge is 2.34. The zero-order valence-corrected chi connectivity index (χ0v) is 15.5. The van der Waals surface area contributed by atoms with Crippen molar-refractivity contribution in [2.24, 2.45) is 12.8 Å². The molecule has 1 aromatic carbocycles. The predicted molar refractivity (Wildman–Crippen MR) is 97.6 cm³/mol. The highest BCUT2D eigenvalue weighted by molar-refractivity contribution is 5.85. The predicted octanol–water partition coefficient (Wildman–Crippen LogP) is 3.00. The van der Waals surface area contributed by atoms with Gasteiger partial charge in [-0.1, -0.05) is 6.07 Å². The third-order valence-corrected chi connectivity index (χ3v) is 4.76. The van der Waals surface area contributed by atoms with Crippen molar-refractivity contribution in [3.8, 4) is 6.07 Å². The second-order valence-corrected chi connectivity index (χ2v) is 6.53. The van der Waals surface area contributed by atoms with Gasteiger partial charge in [-0.3, -0.25) is 9.48 Å². The molecule has 146 valence electrons. The van der Waals surface area contributed by atoms with Crippen molar-refractivity contribution in [3.05, 3.63) is 62.7 Å². The van der Waals surface area contributed by atoms with Gasteiger partial charge in [-0.25, -0.2) is 0 Å². The van der Waals surface area contributed by atoms with Crippen molar-refractivity contribution in [2.45, 2.75) is 32.6 Å². The standard InChI is InChI=1S/C19H18F3N5O/c1-4-27-9-10(2)14-16(18(27)28)25-26(3)17(14)15(24)11-5-6-13(19(20,21)22)12(7-11)8-23/h5-7,9,15H,4,24H2,1-3H3/t15-/m0/s1. The maximum Gasteiger partial charge on any atom is 0.417 e. The van der Waals surface area contributed by atoms with Crippen LogP contribution in [-0.2, 0) is 19.8 Å². The van der Waals surface area contributed by atoms with Crippen molar-refractivity contribution in [1.29, 1.82) is 5.26 Å². The summed E-state index contributed by atoms with van der Waals surface area (Å²) in [5, 5.41) is 14.0. The lowest BCUT2D eigenvalue weighted by molar-refractivity contribution is -0.137. The zero-order chi connectivity index (χ0) is 20.8. The van der Waals surface area contributed by atoms with Crippen molar-refractivity contribution in [1.82, 2.24) is 14.3 Å². The van der Waals surface area contributed by atoms with Crippen LogP contribution >= 0.6 is 0 Å². The molecule has 0 bridgehead atoms. The fraction of sp³-hybridized carbons (Fsp3) is 0.316. The Hall–Kier alpha value is -3.12. The van der Waals surface area contributed by atoms with Crippen LogP contribution in [0.25, 0.3) is 10.9 Å². The van der Waals surface area contributed by atoms with Crippen LogP contribution in [0.15, 0.2) is 29.2 Å². The molecule has 0 spiro atoms. The van der Waals surface area contributed by atoms with Gasteiger partial charge in [0.2, 0.25) is 0 Å². The van der Waals surface area contributed by atoms with Crippen molar-refractivity contribution >= 4 is 10.9 Å². The fourth-order valence-corrected chi connectivity index (χ4v) is 3.41. The second-order valence-electron chi connectivity index (χ2n) is 6.53. The van der Waals surface area contributed by atoms with E-state index in [0.717, 1.165) is 17.7 Å². The maximum absolute atomic E-state index is 13.0. The molecule has 0 radical (unpaired) electrons. The first-order valence-electron chi connectivity index (χ1n) is 8.53. The van der Waals surface area contributed by atoms with E-state index in [-0.39, 0.29) is 11.1 Å². The topological polar surface area (TPSA) is 89.6 Å². The summed E-state index contributed by atoms with van der Waals surface area (Å²) in [6.45, 7) is 4.14. The summed E-state index contributed by atoms with van der Waals surface area (Å²) in [4.78, 5) is 12.6. The van der Waals surface area contributed by atoms with Gasteiger partial charge in [0.1, 0.15) is 0 Å². The Bertz CT molecular complexity index is 1170. The summed E-state index contributed by atoms with van der Waals surface area (Å²) in [6, 6.07) is 3.95. The van der Waals surface area contributed by atoms with Crippen LogP contribution in [0, 0.1) is 18.3 Å². The van der Waals surface area contributed by atoms with Gasteiger partial charge in [0.25, 0.3) is 5.56 Å². The molecule has 2 N–H and O–H groups in total. The number of halogens is 3. The Morgan fingerprint density at radius 3 is 2.61 bits per heavy atom. The Morgan fingerprint density at radius 2 is 2.04 bits per heavy atom. The van der Waals surface area contributed by atoms with Gasteiger partial charge in [-0.15, -0.1) is 0 Å². The molecule has 9 heteroatoms. The fourth-order valence-electron chi connectivity index (χ4n) is 3.41. The molecule has 0 saturated heterocycles. The number of pyridine rings is 1. The average molecular weight is 389 g/mol. The normalized spacial score (nSPS) is 12.9. The van der Waals surface area contributed by atoms with Crippen LogP contribution in [0.4, 0.5) is 13.2 Å². The Kier molecular flexibility index (Phi) is 4.77. The van der Waals surface area contributed by atoms with Crippen LogP contribution in [0.3, 0.4) is 0 Å². The van der Waals surface area contributed by atoms with Gasteiger partial charge in [0.15, 0.2) is 5.52 Å². The molecular weight excluding hydrogens is 371 g/mol. The molecule has 3 rings (SSSR count). The van der Waals surface area contributed by atoms with Crippen LogP contribution in [0.2, 0.25) is 0 Å². The third-order valence-electron chi connectivity index (χ3n) is 4.76. The summed E-state index contributed by atoms with van der Waals surface area (Å²) in [5.74, 6) is 0. The van der Waals surface area contributed by atoms with Gasteiger partial charge in [-0.2, -0.15) is 23.5 Å². The number of nitriles is 1. The number of fused-ring (bicyclic) bond motifs is 1. The number of nitrogens with zero attached hydrogens (tertiary/aromatic N) is 4. The Balaban J connectivity index is 2.22. The van der Waals surface area contributed by atoms with Gasteiger partial charge in [0.05, 0.1) is 28.9 Å². The molecule has 3 aromatic rings. The SMILES string of the molecule is CCn1cc(C)c2c([C@@H](N)c3ccc(C(F)(F)F)c(C#N)c3)n(C)nc2c1=O. The molecular formula is C19H18F3N5O. The van der Waals surface area contributed by atoms with Gasteiger partial charge in [-0.05, 0) is 37.1 Å². The molecule has 2 heterocycles. The molecule has 1 atom stereocenters. The van der Waals surface area contributed by atoms with E-state index in [1.54, 1.807) is 19.3 Å². The molecule has 0 aliphatic carbocycles. The highest BCUT2D eigenvalue weighted by atomic mass is 19.4. The largest absolute Gasteiger partial charge is 0.417 e. The van der Waals surface area contributed by atoms with Crippen molar-refractivity contribution < 1.29 is 13.2 Å². The molecule has 0 amide bonds. The van der Waals surface area contributed by atoms with Crippen LogP contribution in [0.1, 0.15) is 40.9 Å². The number of hydrogen-bond donors (Lipinski definition) is 1. The zero-order valence-electron chi connectivity index (χ0n) is 15.5. The van der Waals surface area contributed by atoms with E-state index in [4.69, 9.17) is 11.0 Å². The van der Waals surface area contributed by atoms with Crippen molar-refractivity contribution in [3.63, 3.8) is 0 Å². The first-order chi connectivity index (χ1) is 13.1. The monoisotopic (exact) mass is 389 g/mol. The molecule has 0 aliphatic heterocycles. The number of aromatic nitrogens is 3. The van der Waals surface area contributed by atoms with Gasteiger partial charge < -0.3 is 10.3 Å². The van der Waals surface area contributed by atoms with E-state index in [1.807, 2.05) is 13.8 Å². The Labute approximate surface area is 158 Å². The first-order valence-corrected chi connectivity index (χ1v) is 8.53. The molecule has 28 heavy (non-hydrogen) atoms. The van der Waals surface area contributed by atoms with E-state index in [0.29, 0.717) is 23.2 Å². The first kappa shape index (κ1) is 19.6. The minimum absolute atomic E-state index is 0.252. The number of alkyl halides is 3. The number of hydrogen-bond acceptors (Lipinski definition) is 4. The van der Waals surface area contributed by atoms with E-state index in [2.05, 4.69) is 5.10 Å². The highest BCUT2D eigenvalue weighted by Crippen LogP contribution is 2.34. The third kappa shape index (κ3) is 3.05. The summed E-state index contributed by atoms with van der Waals surface area (Å²) >= 11 is 0. The number of nitrogens with two attached hydrogens (primary N) is 1. The van der Waals surface area contributed by atoms with Crippen LogP contribution < -0.4 is 11.3 Å². The average Bonchev–Trinajstić information content (AvgIpc) is 3.00. The Morgan fingerprint density at radius 1 is 1.36 bits per heavy atom. The smallest absolute Gasteiger partial charge is 0.319 e. The molecule has 2 aromatic heterocycles. The molecule has 0 aliphatic rings.